The lowest BCUT2D eigenvalue weighted by atomic mass is 10.1. The minimum Gasteiger partial charge on any atom is -0.480 e. The highest BCUT2D eigenvalue weighted by molar-refractivity contribution is 5.94. The second-order valence-corrected chi connectivity index (χ2v) is 7.55. The lowest BCUT2D eigenvalue weighted by Gasteiger charge is -2.29. The summed E-state index contributed by atoms with van der Waals surface area (Å²) in [6.07, 6.45) is 0.0406. The van der Waals surface area contributed by atoms with Gasteiger partial charge in [-0.3, -0.25) is 19.4 Å². The van der Waals surface area contributed by atoms with Crippen LogP contribution in [0.25, 0.3) is 0 Å². The first kappa shape index (κ1) is 27.1. The van der Waals surface area contributed by atoms with Gasteiger partial charge in [0, 0.05) is 13.1 Å². The van der Waals surface area contributed by atoms with Crippen LogP contribution in [0.5, 0.6) is 0 Å². The second kappa shape index (κ2) is 12.8. The van der Waals surface area contributed by atoms with Crippen molar-refractivity contribution in [2.24, 2.45) is 22.2 Å². The van der Waals surface area contributed by atoms with Gasteiger partial charge in [-0.25, -0.2) is 4.79 Å². The van der Waals surface area contributed by atoms with Gasteiger partial charge in [0.25, 0.3) is 0 Å². The summed E-state index contributed by atoms with van der Waals surface area (Å²) in [5.41, 5.74) is 16.2. The number of hydrogen-bond acceptors (Lipinski definition) is 8. The number of carboxylic acid groups (broad SMARTS) is 1. The standard InChI is InChI=1S/C18H33N7O7/c1-9(27)13(17(31)32)24-15(29)12-5-3-7-25(12)16(30)11(8-26)23-14(28)10(19)4-2-6-22-18(20)21/h9-13,26-27H,2-8,19H2,1H3,(H,23,28)(H,24,29)(H,31,32)(H4,20,21,22). The van der Waals surface area contributed by atoms with E-state index in [1.165, 1.54) is 11.8 Å². The van der Waals surface area contributed by atoms with Crippen LogP contribution in [0.4, 0.5) is 0 Å². The van der Waals surface area contributed by atoms with Crippen LogP contribution in [-0.2, 0) is 19.2 Å². The highest BCUT2D eigenvalue weighted by atomic mass is 16.4. The molecule has 3 amide bonds. The molecule has 14 nitrogen and oxygen atoms in total. The van der Waals surface area contributed by atoms with Gasteiger partial charge in [-0.1, -0.05) is 0 Å². The second-order valence-electron chi connectivity index (χ2n) is 7.55. The van der Waals surface area contributed by atoms with Crippen LogP contribution in [-0.4, -0.2) is 99.8 Å². The molecular formula is C18H33N7O7. The summed E-state index contributed by atoms with van der Waals surface area (Å²) in [5.74, 6) is -3.61. The van der Waals surface area contributed by atoms with Crippen molar-refractivity contribution in [3.05, 3.63) is 0 Å². The molecule has 5 unspecified atom stereocenters. The van der Waals surface area contributed by atoms with Crippen LogP contribution in [0.3, 0.4) is 0 Å². The number of aliphatic hydroxyl groups excluding tert-OH is 2. The number of carboxylic acids is 1. The Labute approximate surface area is 185 Å². The number of likely N-dealkylation sites (tertiary alicyclic amines) is 1. The lowest BCUT2D eigenvalue weighted by molar-refractivity contribution is -0.147. The van der Waals surface area contributed by atoms with E-state index in [1.807, 2.05) is 0 Å². The van der Waals surface area contributed by atoms with Gasteiger partial charge in [-0.2, -0.15) is 0 Å². The normalized spacial score (nSPS) is 19.4. The molecule has 1 saturated heterocycles. The van der Waals surface area contributed by atoms with E-state index in [2.05, 4.69) is 15.6 Å². The molecule has 0 aromatic heterocycles. The maximum Gasteiger partial charge on any atom is 0.328 e. The van der Waals surface area contributed by atoms with E-state index >= 15 is 0 Å². The van der Waals surface area contributed by atoms with E-state index in [1.54, 1.807) is 0 Å². The highest BCUT2D eigenvalue weighted by Crippen LogP contribution is 2.19. The van der Waals surface area contributed by atoms with Gasteiger partial charge >= 0.3 is 5.97 Å². The van der Waals surface area contributed by atoms with Gasteiger partial charge in [-0.05, 0) is 32.6 Å². The van der Waals surface area contributed by atoms with Crippen LogP contribution in [0.15, 0.2) is 4.99 Å². The predicted octanol–water partition coefficient (Wildman–Crippen LogP) is -4.21. The molecule has 0 radical (unpaired) electrons. The van der Waals surface area contributed by atoms with Crippen molar-refractivity contribution < 1.29 is 34.5 Å². The lowest BCUT2D eigenvalue weighted by Crippen LogP contribution is -2.58. The Morgan fingerprint density at radius 3 is 2.41 bits per heavy atom. The van der Waals surface area contributed by atoms with E-state index in [4.69, 9.17) is 22.3 Å². The first-order valence-electron chi connectivity index (χ1n) is 10.2. The Kier molecular flexibility index (Phi) is 10.8. The highest BCUT2D eigenvalue weighted by Gasteiger charge is 2.39. The van der Waals surface area contributed by atoms with Crippen molar-refractivity contribution in [2.75, 3.05) is 19.7 Å². The number of hydrogen-bond donors (Lipinski definition) is 8. The van der Waals surface area contributed by atoms with Crippen molar-refractivity contribution in [2.45, 2.75) is 62.9 Å². The predicted molar refractivity (Wildman–Crippen MR) is 113 cm³/mol. The molecule has 5 atom stereocenters. The van der Waals surface area contributed by atoms with Crippen molar-refractivity contribution in [3.8, 4) is 0 Å². The van der Waals surface area contributed by atoms with Gasteiger partial charge in [-0.15, -0.1) is 0 Å². The van der Waals surface area contributed by atoms with E-state index in [-0.39, 0.29) is 31.9 Å². The zero-order valence-corrected chi connectivity index (χ0v) is 17.9. The summed E-state index contributed by atoms with van der Waals surface area (Å²) in [4.78, 5) is 53.8. The number of carbonyl (C=O) groups excluding carboxylic acids is 3. The molecule has 0 bridgehead atoms. The van der Waals surface area contributed by atoms with Gasteiger partial charge < -0.3 is 48.1 Å². The molecule has 0 spiro atoms. The van der Waals surface area contributed by atoms with E-state index in [0.717, 1.165) is 0 Å². The number of aliphatic imine (C=N–C) groups is 1. The van der Waals surface area contributed by atoms with Crippen molar-refractivity contribution >= 4 is 29.7 Å². The third-order valence-corrected chi connectivity index (χ3v) is 4.99. The number of nitrogens with one attached hydrogen (secondary N) is 2. The van der Waals surface area contributed by atoms with Gasteiger partial charge in [0.05, 0.1) is 18.8 Å². The Morgan fingerprint density at radius 1 is 1.22 bits per heavy atom. The number of aliphatic hydroxyl groups is 2. The molecule has 32 heavy (non-hydrogen) atoms. The summed E-state index contributed by atoms with van der Waals surface area (Å²) in [6.45, 7) is 0.955. The molecule has 1 heterocycles. The van der Waals surface area contributed by atoms with Crippen LogP contribution < -0.4 is 27.8 Å². The zero-order valence-electron chi connectivity index (χ0n) is 17.9. The molecule has 0 aromatic rings. The van der Waals surface area contributed by atoms with Crippen molar-refractivity contribution in [1.82, 2.24) is 15.5 Å². The molecule has 1 fully saturated rings. The number of nitrogens with zero attached hydrogens (tertiary/aromatic N) is 2. The number of guanidine groups is 1. The van der Waals surface area contributed by atoms with E-state index in [9.17, 15) is 29.4 Å². The van der Waals surface area contributed by atoms with E-state index < -0.39 is 60.6 Å². The Bertz CT molecular complexity index is 712. The fraction of sp³-hybridized carbons (Fsp3) is 0.722. The van der Waals surface area contributed by atoms with Gasteiger partial charge in [0.2, 0.25) is 17.7 Å². The first-order chi connectivity index (χ1) is 15.0. The zero-order chi connectivity index (χ0) is 24.4. The fourth-order valence-electron chi connectivity index (χ4n) is 3.26. The maximum atomic E-state index is 12.9. The van der Waals surface area contributed by atoms with Crippen molar-refractivity contribution in [1.29, 1.82) is 0 Å². The van der Waals surface area contributed by atoms with Crippen LogP contribution in [0.2, 0.25) is 0 Å². The molecule has 1 aliphatic rings. The number of nitrogens with two attached hydrogens (primary N) is 3. The van der Waals surface area contributed by atoms with Crippen LogP contribution in [0, 0.1) is 0 Å². The summed E-state index contributed by atoms with van der Waals surface area (Å²) >= 11 is 0. The minimum atomic E-state index is -1.54. The number of amides is 3. The van der Waals surface area contributed by atoms with Crippen LogP contribution >= 0.6 is 0 Å². The Hall–Kier alpha value is -2.97. The first-order valence-corrected chi connectivity index (χ1v) is 10.2. The molecule has 1 aliphatic heterocycles. The third-order valence-electron chi connectivity index (χ3n) is 4.99. The smallest absolute Gasteiger partial charge is 0.328 e. The fourth-order valence-corrected chi connectivity index (χ4v) is 3.26. The summed E-state index contributed by atoms with van der Waals surface area (Å²) in [6, 6.07) is -4.83. The summed E-state index contributed by atoms with van der Waals surface area (Å²) in [5, 5.41) is 32.9. The molecule has 0 aromatic carbocycles. The topological polar surface area (TPSA) is 247 Å². The molecule has 0 aliphatic carbocycles. The number of aliphatic carboxylic acids is 1. The molecule has 182 valence electrons. The van der Waals surface area contributed by atoms with Gasteiger partial charge in [0.15, 0.2) is 12.0 Å². The molecular weight excluding hydrogens is 426 g/mol. The quantitative estimate of drug-likeness (QED) is 0.0793. The van der Waals surface area contributed by atoms with Crippen LogP contribution in [0.1, 0.15) is 32.6 Å². The number of rotatable bonds is 12. The maximum absolute atomic E-state index is 12.9. The summed E-state index contributed by atoms with van der Waals surface area (Å²) in [7, 11) is 0. The Balaban J connectivity index is 2.73. The monoisotopic (exact) mass is 459 g/mol. The number of carbonyl (C=O) groups is 4. The van der Waals surface area contributed by atoms with Gasteiger partial charge in [0.1, 0.15) is 12.1 Å². The molecule has 0 saturated carbocycles. The van der Waals surface area contributed by atoms with E-state index in [0.29, 0.717) is 12.8 Å². The minimum absolute atomic E-state index is 0.0821. The van der Waals surface area contributed by atoms with Crippen molar-refractivity contribution in [3.63, 3.8) is 0 Å². The average molecular weight is 460 g/mol. The third kappa shape index (κ3) is 7.94. The average Bonchev–Trinajstić information content (AvgIpc) is 3.21. The SMILES string of the molecule is CC(O)C(NC(=O)C1CCCN1C(=O)C(CO)NC(=O)C(N)CCCN=C(N)N)C(=O)O. The Morgan fingerprint density at radius 2 is 1.88 bits per heavy atom. The molecule has 11 N–H and O–H groups in total. The molecule has 1 rings (SSSR count). The largest absolute Gasteiger partial charge is 0.480 e. The molecule has 14 heteroatoms. The summed E-state index contributed by atoms with van der Waals surface area (Å²) < 4.78 is 0.